The van der Waals surface area contributed by atoms with Crippen LogP contribution in [-0.2, 0) is 24.8 Å². The number of anilines is 1. The van der Waals surface area contributed by atoms with E-state index in [4.69, 9.17) is 28.2 Å². The first kappa shape index (κ1) is 25.7. The summed E-state index contributed by atoms with van der Waals surface area (Å²) in [5, 5.41) is 13.5. The lowest BCUT2D eigenvalue weighted by molar-refractivity contribution is -0.128. The van der Waals surface area contributed by atoms with Crippen molar-refractivity contribution in [2.75, 3.05) is 18.0 Å². The number of benzene rings is 2. The predicted molar refractivity (Wildman–Crippen MR) is 139 cm³/mol. The van der Waals surface area contributed by atoms with Crippen LogP contribution in [0.2, 0.25) is 10.0 Å². The highest BCUT2D eigenvalue weighted by atomic mass is 35.5. The van der Waals surface area contributed by atoms with Crippen LogP contribution in [0.5, 0.6) is 0 Å². The molecule has 0 radical (unpaired) electrons. The van der Waals surface area contributed by atoms with E-state index in [2.05, 4.69) is 10.2 Å². The molecule has 2 N–H and O–H groups in total. The molecule has 1 saturated heterocycles. The number of halogens is 3. The second-order valence-corrected chi connectivity index (χ2v) is 11.0. The number of rotatable bonds is 5. The van der Waals surface area contributed by atoms with Gasteiger partial charge in [0.1, 0.15) is 11.6 Å². The lowest BCUT2D eigenvalue weighted by atomic mass is 9.95. The quantitative estimate of drug-likeness (QED) is 0.482. The third-order valence-electron chi connectivity index (χ3n) is 6.57. The average Bonchev–Trinajstić information content (AvgIpc) is 3.09. The summed E-state index contributed by atoms with van der Waals surface area (Å²) >= 11 is 13.0. The number of nitrogens with one attached hydrogen (secondary N) is 1. The largest absolute Gasteiger partial charge is 0.393 e. The molecule has 35 heavy (non-hydrogen) atoms. The third-order valence-corrected chi connectivity index (χ3v) is 7.23. The van der Waals surface area contributed by atoms with E-state index in [1.54, 1.807) is 12.1 Å². The molecule has 0 bridgehead atoms. The summed E-state index contributed by atoms with van der Waals surface area (Å²) in [5.41, 5.74) is 2.66. The van der Waals surface area contributed by atoms with Gasteiger partial charge < -0.3 is 19.9 Å². The minimum atomic E-state index is -0.563. The first-order valence-electron chi connectivity index (χ1n) is 11.8. The molecular formula is C26H31Cl2FN4O2. The smallest absolute Gasteiger partial charge is 0.225 e. The molecule has 1 aliphatic rings. The van der Waals surface area contributed by atoms with E-state index in [9.17, 15) is 9.90 Å². The number of amides is 1. The lowest BCUT2D eigenvalue weighted by Crippen LogP contribution is -2.35. The van der Waals surface area contributed by atoms with E-state index in [1.807, 2.05) is 44.5 Å². The lowest BCUT2D eigenvalue weighted by Gasteiger charge is -2.32. The van der Waals surface area contributed by atoms with Crippen molar-refractivity contribution >= 4 is 45.8 Å². The van der Waals surface area contributed by atoms with E-state index in [1.165, 1.54) is 0 Å². The van der Waals surface area contributed by atoms with Gasteiger partial charge >= 0.3 is 0 Å². The summed E-state index contributed by atoms with van der Waals surface area (Å²) in [4.78, 5) is 19.1. The molecule has 188 valence electrons. The SMILES string of the molecule is Cn1c(Cc2c(Cl)ccc(CNC(=O)C(C)(C)C)c2F)nc2cc(Cl)c(N3CCC(O)CC3)cc21. The molecule has 1 aromatic heterocycles. The normalized spacial score (nSPS) is 15.1. The fourth-order valence-corrected chi connectivity index (χ4v) is 4.79. The average molecular weight is 521 g/mol. The van der Waals surface area contributed by atoms with Crippen LogP contribution in [0.25, 0.3) is 11.0 Å². The zero-order valence-electron chi connectivity index (χ0n) is 20.5. The molecule has 1 aliphatic heterocycles. The fourth-order valence-electron chi connectivity index (χ4n) is 4.30. The molecule has 1 amide bonds. The summed E-state index contributed by atoms with van der Waals surface area (Å²) in [5.74, 6) is 0.0583. The van der Waals surface area contributed by atoms with Crippen molar-refractivity contribution in [2.45, 2.75) is 52.7 Å². The van der Waals surface area contributed by atoms with Gasteiger partial charge in [-0.25, -0.2) is 9.37 Å². The number of aryl methyl sites for hydroxylation is 1. The molecule has 3 aromatic rings. The van der Waals surface area contributed by atoms with Crippen LogP contribution in [0.15, 0.2) is 24.3 Å². The van der Waals surface area contributed by atoms with Gasteiger partial charge in [0, 0.05) is 54.7 Å². The molecule has 0 unspecified atom stereocenters. The Hall–Kier alpha value is -2.35. The number of aliphatic hydroxyl groups excluding tert-OH is 1. The van der Waals surface area contributed by atoms with Gasteiger partial charge in [0.05, 0.1) is 27.8 Å². The van der Waals surface area contributed by atoms with Gasteiger partial charge in [0.25, 0.3) is 0 Å². The topological polar surface area (TPSA) is 70.4 Å². The van der Waals surface area contributed by atoms with Crippen LogP contribution in [-0.4, -0.2) is 39.8 Å². The molecule has 1 fully saturated rings. The van der Waals surface area contributed by atoms with Gasteiger partial charge in [0.15, 0.2) is 0 Å². The fraction of sp³-hybridized carbons (Fsp3) is 0.462. The Bertz CT molecular complexity index is 1260. The Morgan fingerprint density at radius 1 is 1.20 bits per heavy atom. The summed E-state index contributed by atoms with van der Waals surface area (Å²) in [6.07, 6.45) is 1.33. The van der Waals surface area contributed by atoms with Crippen molar-refractivity contribution in [3.05, 3.63) is 57.1 Å². The van der Waals surface area contributed by atoms with Gasteiger partial charge in [-0.05, 0) is 31.0 Å². The number of piperidine rings is 1. The monoisotopic (exact) mass is 520 g/mol. The maximum atomic E-state index is 15.4. The minimum absolute atomic E-state index is 0.0815. The maximum Gasteiger partial charge on any atom is 0.225 e. The number of carbonyl (C=O) groups is 1. The Morgan fingerprint density at radius 3 is 2.54 bits per heavy atom. The molecule has 4 rings (SSSR count). The van der Waals surface area contributed by atoms with Crippen LogP contribution in [0.1, 0.15) is 50.6 Å². The molecule has 0 atom stereocenters. The number of aliphatic hydroxyl groups is 1. The van der Waals surface area contributed by atoms with E-state index in [0.29, 0.717) is 39.8 Å². The number of carbonyl (C=O) groups excluding carboxylic acids is 1. The number of hydrogen-bond acceptors (Lipinski definition) is 4. The molecule has 0 spiro atoms. The first-order valence-corrected chi connectivity index (χ1v) is 12.5. The van der Waals surface area contributed by atoms with E-state index in [-0.39, 0.29) is 25.0 Å². The summed E-state index contributed by atoms with van der Waals surface area (Å²) in [6, 6.07) is 7.08. The molecule has 2 aromatic carbocycles. The molecule has 0 saturated carbocycles. The minimum Gasteiger partial charge on any atom is -0.393 e. The van der Waals surface area contributed by atoms with Crippen LogP contribution in [0.4, 0.5) is 10.1 Å². The van der Waals surface area contributed by atoms with Crippen LogP contribution < -0.4 is 10.2 Å². The van der Waals surface area contributed by atoms with E-state index < -0.39 is 11.2 Å². The summed E-state index contributed by atoms with van der Waals surface area (Å²) < 4.78 is 17.4. The molecular weight excluding hydrogens is 490 g/mol. The zero-order chi connectivity index (χ0) is 25.5. The van der Waals surface area contributed by atoms with E-state index >= 15 is 4.39 Å². The summed E-state index contributed by atoms with van der Waals surface area (Å²) in [6.45, 7) is 6.98. The van der Waals surface area contributed by atoms with Gasteiger partial charge in [-0.15, -0.1) is 0 Å². The standard InChI is InChI=1S/C26H31Cl2FN4O2/c1-26(2,3)25(35)30-14-15-5-6-18(27)17(24(15)29)11-23-31-20-12-19(28)21(13-22(20)32(23)4)33-9-7-16(34)8-10-33/h5-6,12-13,16,34H,7-11,14H2,1-4H3,(H,30,35). The Morgan fingerprint density at radius 2 is 1.89 bits per heavy atom. The van der Waals surface area contributed by atoms with Crippen LogP contribution >= 0.6 is 23.2 Å². The van der Waals surface area contributed by atoms with Crippen molar-refractivity contribution in [2.24, 2.45) is 12.5 Å². The highest BCUT2D eigenvalue weighted by Gasteiger charge is 2.23. The van der Waals surface area contributed by atoms with Crippen molar-refractivity contribution in [1.82, 2.24) is 14.9 Å². The van der Waals surface area contributed by atoms with Gasteiger partial charge in [-0.1, -0.05) is 50.0 Å². The van der Waals surface area contributed by atoms with Crippen LogP contribution in [0, 0.1) is 11.2 Å². The number of aromatic nitrogens is 2. The summed E-state index contributed by atoms with van der Waals surface area (Å²) in [7, 11) is 1.89. The predicted octanol–water partition coefficient (Wildman–Crippen LogP) is 5.23. The van der Waals surface area contributed by atoms with Gasteiger partial charge in [-0.3, -0.25) is 4.79 Å². The zero-order valence-corrected chi connectivity index (χ0v) is 22.0. The van der Waals surface area contributed by atoms with Crippen molar-refractivity contribution in [3.63, 3.8) is 0 Å². The second kappa shape index (κ2) is 9.96. The molecule has 0 aliphatic carbocycles. The highest BCUT2D eigenvalue weighted by Crippen LogP contribution is 2.34. The molecule has 9 heteroatoms. The van der Waals surface area contributed by atoms with Crippen LogP contribution in [0.3, 0.4) is 0 Å². The first-order chi connectivity index (χ1) is 16.5. The molecule has 6 nitrogen and oxygen atoms in total. The number of fused-ring (bicyclic) bond motifs is 1. The number of hydrogen-bond donors (Lipinski definition) is 2. The number of nitrogens with zero attached hydrogens (tertiary/aromatic N) is 3. The number of imidazole rings is 1. The molecule has 2 heterocycles. The maximum absolute atomic E-state index is 15.4. The Kier molecular flexibility index (Phi) is 7.32. The second-order valence-electron chi connectivity index (χ2n) is 10.2. The van der Waals surface area contributed by atoms with E-state index in [0.717, 1.165) is 29.8 Å². The highest BCUT2D eigenvalue weighted by molar-refractivity contribution is 6.34. The van der Waals surface area contributed by atoms with Gasteiger partial charge in [-0.2, -0.15) is 0 Å². The van der Waals surface area contributed by atoms with Crippen molar-refractivity contribution in [3.8, 4) is 0 Å². The third kappa shape index (κ3) is 5.42. The van der Waals surface area contributed by atoms with Crippen molar-refractivity contribution < 1.29 is 14.3 Å². The van der Waals surface area contributed by atoms with Gasteiger partial charge in [0.2, 0.25) is 5.91 Å². The van der Waals surface area contributed by atoms with Crippen molar-refractivity contribution in [1.29, 1.82) is 0 Å². The Labute approximate surface area is 215 Å². The Balaban J connectivity index is 1.62.